The molecule has 2 fully saturated rings. The molecule has 25 heavy (non-hydrogen) atoms. The molecule has 0 spiro atoms. The SMILES string of the molecule is C=CC1=C(C)[C@@H]2CC(O)C3[C@](C)(COC(C)=O)CCC[C@]3(C)[C@H]2CC1. The monoisotopic (exact) mass is 346 g/mol. The van der Waals surface area contributed by atoms with Crippen molar-refractivity contribution in [2.75, 3.05) is 6.61 Å². The molecular weight excluding hydrogens is 312 g/mol. The Bertz CT molecular complexity index is 592. The number of esters is 1. The van der Waals surface area contributed by atoms with Gasteiger partial charge in [-0.3, -0.25) is 4.79 Å². The standard InChI is InChI=1S/C22H34O3/c1-6-16-8-9-18-17(14(16)2)12-19(24)20-21(4,13-25-15(3)23)10-7-11-22(18,20)5/h6,17-20,24H,1,7-13H2,2-5H3/t17-,18-,19?,20?,21-,22+/m0/s1. The number of carbonyl (C=O) groups excluding carboxylic acids is 1. The van der Waals surface area contributed by atoms with Crippen LogP contribution in [0.15, 0.2) is 23.8 Å². The van der Waals surface area contributed by atoms with E-state index < -0.39 is 0 Å². The number of hydrogen-bond donors (Lipinski definition) is 1. The first-order valence-corrected chi connectivity index (χ1v) is 9.86. The highest BCUT2D eigenvalue weighted by Crippen LogP contribution is 2.64. The number of hydrogen-bond acceptors (Lipinski definition) is 3. The van der Waals surface area contributed by atoms with E-state index in [1.807, 2.05) is 6.08 Å². The van der Waals surface area contributed by atoms with Gasteiger partial charge >= 0.3 is 5.97 Å². The molecule has 0 bridgehead atoms. The van der Waals surface area contributed by atoms with Crippen LogP contribution in [0, 0.1) is 28.6 Å². The zero-order valence-electron chi connectivity index (χ0n) is 16.3. The van der Waals surface area contributed by atoms with Crippen LogP contribution < -0.4 is 0 Å². The van der Waals surface area contributed by atoms with Crippen molar-refractivity contribution in [2.24, 2.45) is 28.6 Å². The highest BCUT2D eigenvalue weighted by molar-refractivity contribution is 5.65. The molecule has 3 nitrogen and oxygen atoms in total. The molecule has 3 aliphatic carbocycles. The lowest BCUT2D eigenvalue weighted by atomic mass is 9.43. The molecule has 3 aliphatic rings. The second-order valence-corrected chi connectivity index (χ2v) is 9.24. The van der Waals surface area contributed by atoms with Crippen LogP contribution in [-0.2, 0) is 9.53 Å². The van der Waals surface area contributed by atoms with Crippen LogP contribution in [0.25, 0.3) is 0 Å². The topological polar surface area (TPSA) is 46.5 Å². The molecule has 0 heterocycles. The summed E-state index contributed by atoms with van der Waals surface area (Å²) in [6, 6.07) is 0. The second-order valence-electron chi connectivity index (χ2n) is 9.24. The van der Waals surface area contributed by atoms with Gasteiger partial charge in [-0.2, -0.15) is 0 Å². The van der Waals surface area contributed by atoms with E-state index in [-0.39, 0.29) is 28.8 Å². The van der Waals surface area contributed by atoms with Gasteiger partial charge in [0.2, 0.25) is 0 Å². The van der Waals surface area contributed by atoms with E-state index >= 15 is 0 Å². The Balaban J connectivity index is 1.95. The van der Waals surface area contributed by atoms with E-state index in [2.05, 4.69) is 27.4 Å². The summed E-state index contributed by atoms with van der Waals surface area (Å²) in [4.78, 5) is 11.4. The lowest BCUT2D eigenvalue weighted by Gasteiger charge is -2.62. The number of rotatable bonds is 3. The Labute approximate surface area is 152 Å². The summed E-state index contributed by atoms with van der Waals surface area (Å²) in [6.07, 6.45) is 8.16. The zero-order chi connectivity index (χ0) is 18.4. The number of fused-ring (bicyclic) bond motifs is 3. The van der Waals surface area contributed by atoms with Crippen molar-refractivity contribution >= 4 is 5.97 Å². The molecule has 3 rings (SSSR count). The molecule has 0 aromatic heterocycles. The molecule has 0 aliphatic heterocycles. The van der Waals surface area contributed by atoms with Crippen LogP contribution in [0.4, 0.5) is 0 Å². The van der Waals surface area contributed by atoms with Crippen molar-refractivity contribution in [2.45, 2.75) is 72.3 Å². The third-order valence-corrected chi connectivity index (χ3v) is 7.78. The average molecular weight is 347 g/mol. The summed E-state index contributed by atoms with van der Waals surface area (Å²) in [6.45, 7) is 12.8. The normalized spacial score (nSPS) is 43.9. The van der Waals surface area contributed by atoms with Gasteiger partial charge in [0.05, 0.1) is 12.7 Å². The maximum absolute atomic E-state index is 11.4. The van der Waals surface area contributed by atoms with E-state index in [1.54, 1.807) is 0 Å². The number of carbonyl (C=O) groups is 1. The van der Waals surface area contributed by atoms with Gasteiger partial charge in [-0.05, 0) is 67.8 Å². The molecule has 2 saturated carbocycles. The van der Waals surface area contributed by atoms with Crippen molar-refractivity contribution in [3.05, 3.63) is 23.8 Å². The second kappa shape index (κ2) is 6.57. The maximum Gasteiger partial charge on any atom is 0.302 e. The summed E-state index contributed by atoms with van der Waals surface area (Å²) >= 11 is 0. The Morgan fingerprint density at radius 3 is 2.76 bits per heavy atom. The Hall–Kier alpha value is -1.09. The molecule has 1 N–H and O–H groups in total. The molecule has 140 valence electrons. The summed E-state index contributed by atoms with van der Waals surface area (Å²) < 4.78 is 5.45. The predicted molar refractivity (Wildman–Crippen MR) is 99.9 cm³/mol. The quantitative estimate of drug-likeness (QED) is 0.756. The summed E-state index contributed by atoms with van der Waals surface area (Å²) in [5.74, 6) is 1.06. The van der Waals surface area contributed by atoms with Crippen LogP contribution in [0.3, 0.4) is 0 Å². The number of aliphatic hydroxyl groups excluding tert-OH is 1. The van der Waals surface area contributed by atoms with Crippen LogP contribution in [0.1, 0.15) is 66.2 Å². The first-order chi connectivity index (χ1) is 11.7. The van der Waals surface area contributed by atoms with E-state index in [4.69, 9.17) is 4.74 Å². The van der Waals surface area contributed by atoms with E-state index in [0.717, 1.165) is 25.7 Å². The van der Waals surface area contributed by atoms with Crippen molar-refractivity contribution < 1.29 is 14.6 Å². The smallest absolute Gasteiger partial charge is 0.302 e. The summed E-state index contributed by atoms with van der Waals surface area (Å²) in [5, 5.41) is 11.2. The van der Waals surface area contributed by atoms with E-state index in [0.29, 0.717) is 18.4 Å². The minimum absolute atomic E-state index is 0.115. The molecule has 0 saturated heterocycles. The van der Waals surface area contributed by atoms with Gasteiger partial charge in [-0.15, -0.1) is 0 Å². The molecular formula is C22H34O3. The van der Waals surface area contributed by atoms with Crippen molar-refractivity contribution in [3.8, 4) is 0 Å². The van der Waals surface area contributed by atoms with Gasteiger partial charge in [0.15, 0.2) is 0 Å². The molecule has 0 aromatic carbocycles. The molecule has 0 amide bonds. The summed E-state index contributed by atoms with van der Waals surface area (Å²) in [5.41, 5.74) is 2.81. The largest absolute Gasteiger partial charge is 0.465 e. The van der Waals surface area contributed by atoms with Gasteiger partial charge in [0, 0.05) is 12.3 Å². The minimum Gasteiger partial charge on any atom is -0.465 e. The predicted octanol–water partition coefficient (Wildman–Crippen LogP) is 4.66. The van der Waals surface area contributed by atoms with Crippen LogP contribution in [0.2, 0.25) is 0 Å². The van der Waals surface area contributed by atoms with Crippen LogP contribution in [-0.4, -0.2) is 23.8 Å². The Kier molecular flexibility index (Phi) is 4.91. The van der Waals surface area contributed by atoms with Gasteiger partial charge in [0.1, 0.15) is 0 Å². The fourth-order valence-corrected chi connectivity index (χ4v) is 6.77. The van der Waals surface area contributed by atoms with Gasteiger partial charge in [0.25, 0.3) is 0 Å². The van der Waals surface area contributed by atoms with Gasteiger partial charge < -0.3 is 9.84 Å². The lowest BCUT2D eigenvalue weighted by molar-refractivity contribution is -0.183. The molecule has 2 unspecified atom stereocenters. The number of ether oxygens (including phenoxy) is 1. The Morgan fingerprint density at radius 1 is 1.40 bits per heavy atom. The first kappa shape index (κ1) is 18.7. The Morgan fingerprint density at radius 2 is 2.12 bits per heavy atom. The number of aliphatic hydroxyl groups is 1. The van der Waals surface area contributed by atoms with Crippen LogP contribution in [0.5, 0.6) is 0 Å². The average Bonchev–Trinajstić information content (AvgIpc) is 2.54. The molecule has 3 heteroatoms. The van der Waals surface area contributed by atoms with Crippen molar-refractivity contribution in [1.82, 2.24) is 0 Å². The third-order valence-electron chi connectivity index (χ3n) is 7.78. The minimum atomic E-state index is -0.328. The van der Waals surface area contributed by atoms with Gasteiger partial charge in [-0.1, -0.05) is 38.5 Å². The lowest BCUT2D eigenvalue weighted by Crippen LogP contribution is -2.60. The highest BCUT2D eigenvalue weighted by Gasteiger charge is 2.60. The third kappa shape index (κ3) is 2.99. The van der Waals surface area contributed by atoms with Crippen LogP contribution >= 0.6 is 0 Å². The number of allylic oxidation sites excluding steroid dienone is 3. The summed E-state index contributed by atoms with van der Waals surface area (Å²) in [7, 11) is 0. The maximum atomic E-state index is 11.4. The van der Waals surface area contributed by atoms with Crippen molar-refractivity contribution in [3.63, 3.8) is 0 Å². The highest BCUT2D eigenvalue weighted by atomic mass is 16.5. The fraction of sp³-hybridized carbons (Fsp3) is 0.773. The van der Waals surface area contributed by atoms with E-state index in [9.17, 15) is 9.90 Å². The molecule has 0 radical (unpaired) electrons. The first-order valence-electron chi connectivity index (χ1n) is 9.86. The zero-order valence-corrected chi connectivity index (χ0v) is 16.3. The molecule has 6 atom stereocenters. The molecule has 0 aromatic rings. The van der Waals surface area contributed by atoms with Gasteiger partial charge in [-0.25, -0.2) is 0 Å². The fourth-order valence-electron chi connectivity index (χ4n) is 6.77. The van der Waals surface area contributed by atoms with Crippen molar-refractivity contribution in [1.29, 1.82) is 0 Å². The van der Waals surface area contributed by atoms with E-state index in [1.165, 1.54) is 30.9 Å².